The van der Waals surface area contributed by atoms with Gasteiger partial charge < -0.3 is 24.7 Å². The number of ether oxygens (including phenoxy) is 1. The zero-order valence-corrected chi connectivity index (χ0v) is 18.6. The summed E-state index contributed by atoms with van der Waals surface area (Å²) in [6.07, 6.45) is 1.88. The summed E-state index contributed by atoms with van der Waals surface area (Å²) in [5.41, 5.74) is 5.13. The van der Waals surface area contributed by atoms with Crippen molar-refractivity contribution in [2.24, 2.45) is 0 Å². The summed E-state index contributed by atoms with van der Waals surface area (Å²) in [6.45, 7) is 1.24. The lowest BCUT2D eigenvalue weighted by molar-refractivity contribution is -0.344. The van der Waals surface area contributed by atoms with E-state index in [9.17, 15) is 9.90 Å². The first kappa shape index (κ1) is 22.8. The number of nitrogens with zero attached hydrogens (tertiary/aromatic N) is 1. The first-order chi connectivity index (χ1) is 16.4. The van der Waals surface area contributed by atoms with Crippen LogP contribution in [0.15, 0.2) is 66.9 Å². The van der Waals surface area contributed by atoms with Gasteiger partial charge in [-0.1, -0.05) is 29.8 Å². The number of fused-ring (bicyclic) bond motifs is 2. The number of aryl methyl sites for hydroxylation is 1. The number of carbonyl (C=O) groups is 2. The zero-order chi connectivity index (χ0) is 24.2. The van der Waals surface area contributed by atoms with Gasteiger partial charge in [0.15, 0.2) is 6.20 Å². The van der Waals surface area contributed by atoms with Crippen LogP contribution < -0.4 is 14.8 Å². The molecule has 0 saturated carbocycles. The van der Waals surface area contributed by atoms with E-state index < -0.39 is 12.4 Å². The highest BCUT2D eigenvalue weighted by molar-refractivity contribution is 6.34. The summed E-state index contributed by atoms with van der Waals surface area (Å²) in [5, 5.41) is 19.2. The SMILES string of the molecule is Cc1ccc(Oc2nc3cc(-c4cccc5[nH+]cccc45)c(Cl)cc3[nH]2)cc1C(=O)O.O=C[O-]. The molecular formula is C25H18ClN3O5. The number of halogens is 1. The summed E-state index contributed by atoms with van der Waals surface area (Å²) in [5.74, 6) is -0.616. The first-order valence-electron chi connectivity index (χ1n) is 10.1. The molecule has 170 valence electrons. The van der Waals surface area contributed by atoms with Gasteiger partial charge >= 0.3 is 5.97 Å². The Morgan fingerprint density at radius 2 is 1.94 bits per heavy atom. The maximum Gasteiger partial charge on any atom is 0.336 e. The van der Waals surface area contributed by atoms with Crippen molar-refractivity contribution in [3.63, 3.8) is 0 Å². The van der Waals surface area contributed by atoms with Crippen LogP contribution in [0, 0.1) is 6.92 Å². The number of benzene rings is 3. The predicted octanol–water partition coefficient (Wildman–Crippen LogP) is 4.02. The summed E-state index contributed by atoms with van der Waals surface area (Å²) < 4.78 is 5.79. The summed E-state index contributed by atoms with van der Waals surface area (Å²) >= 11 is 6.62. The Hall–Kier alpha value is -4.43. The van der Waals surface area contributed by atoms with Crippen LogP contribution in [-0.4, -0.2) is 27.5 Å². The van der Waals surface area contributed by atoms with Crippen molar-refractivity contribution >= 4 is 46.0 Å². The highest BCUT2D eigenvalue weighted by atomic mass is 35.5. The molecule has 0 saturated heterocycles. The molecule has 3 aromatic carbocycles. The number of hydrogen-bond acceptors (Lipinski definition) is 5. The van der Waals surface area contributed by atoms with Crippen molar-refractivity contribution in [1.29, 1.82) is 0 Å². The van der Waals surface area contributed by atoms with Crippen molar-refractivity contribution < 1.29 is 29.5 Å². The second-order valence-electron chi connectivity index (χ2n) is 7.31. The molecule has 0 aliphatic rings. The fraction of sp³-hybridized carbons (Fsp3) is 0.0400. The molecule has 0 bridgehead atoms. The standard InChI is InChI=1S/C24H16ClN3O3.CH2O2/c1-13-7-8-14(10-17(13)23(29)30)31-24-27-21-11-18(19(25)12-22(21)28-24)15-4-2-6-20-16(15)5-3-9-26-20;2-1-3/h2-12H,1H3,(H,27,28)(H,29,30);1H,(H,2,3). The van der Waals surface area contributed by atoms with Gasteiger partial charge in [-0.3, -0.25) is 0 Å². The molecule has 34 heavy (non-hydrogen) atoms. The number of carboxylic acids is 1. The lowest BCUT2D eigenvalue weighted by atomic mass is 10.00. The van der Waals surface area contributed by atoms with Crippen LogP contribution in [0.2, 0.25) is 5.02 Å². The van der Waals surface area contributed by atoms with Crippen LogP contribution >= 0.6 is 11.6 Å². The maximum absolute atomic E-state index is 11.4. The van der Waals surface area contributed by atoms with Crippen molar-refractivity contribution in [2.45, 2.75) is 6.92 Å². The van der Waals surface area contributed by atoms with E-state index in [2.05, 4.69) is 15.0 Å². The summed E-state index contributed by atoms with van der Waals surface area (Å²) in [4.78, 5) is 30.5. The Balaban J connectivity index is 0.000000868. The van der Waals surface area contributed by atoms with Gasteiger partial charge in [0.05, 0.1) is 27.0 Å². The normalized spacial score (nSPS) is 10.5. The van der Waals surface area contributed by atoms with Gasteiger partial charge in [-0.05, 0) is 48.4 Å². The number of imidazole rings is 1. The van der Waals surface area contributed by atoms with Crippen LogP contribution in [0.1, 0.15) is 15.9 Å². The number of aromatic nitrogens is 3. The molecule has 0 aliphatic heterocycles. The minimum Gasteiger partial charge on any atom is -0.554 e. The third-order valence-corrected chi connectivity index (χ3v) is 5.51. The molecule has 3 N–H and O–H groups in total. The second-order valence-corrected chi connectivity index (χ2v) is 7.72. The van der Waals surface area contributed by atoms with Crippen LogP contribution in [0.25, 0.3) is 33.1 Å². The van der Waals surface area contributed by atoms with Gasteiger partial charge in [0, 0.05) is 24.2 Å². The first-order valence-corrected chi connectivity index (χ1v) is 10.5. The van der Waals surface area contributed by atoms with E-state index in [1.165, 1.54) is 6.07 Å². The molecular weight excluding hydrogens is 458 g/mol. The number of hydrogen-bond donors (Lipinski definition) is 2. The molecule has 0 atom stereocenters. The van der Waals surface area contributed by atoms with E-state index in [0.29, 0.717) is 21.9 Å². The largest absolute Gasteiger partial charge is 0.554 e. The predicted molar refractivity (Wildman–Crippen MR) is 125 cm³/mol. The Kier molecular flexibility index (Phi) is 6.42. The Morgan fingerprint density at radius 3 is 2.71 bits per heavy atom. The van der Waals surface area contributed by atoms with Gasteiger partial charge in [0.25, 0.3) is 6.01 Å². The zero-order valence-electron chi connectivity index (χ0n) is 17.8. The van der Waals surface area contributed by atoms with Crippen LogP contribution in [0.5, 0.6) is 11.8 Å². The Bertz CT molecular complexity index is 1530. The van der Waals surface area contributed by atoms with E-state index in [0.717, 1.165) is 27.5 Å². The highest BCUT2D eigenvalue weighted by Crippen LogP contribution is 2.36. The molecule has 0 spiro atoms. The Labute approximate surface area is 198 Å². The molecule has 0 aliphatic carbocycles. The van der Waals surface area contributed by atoms with Crippen LogP contribution in [0.4, 0.5) is 0 Å². The van der Waals surface area contributed by atoms with Gasteiger partial charge in [-0.15, -0.1) is 0 Å². The molecule has 2 heterocycles. The average molecular weight is 476 g/mol. The van der Waals surface area contributed by atoms with Gasteiger partial charge in [0.2, 0.25) is 5.52 Å². The topological polar surface area (TPSA) is 129 Å². The number of carboxylic acid groups (broad SMARTS) is 2. The second kappa shape index (κ2) is 9.60. The number of aromatic carboxylic acids is 1. The van der Waals surface area contributed by atoms with Gasteiger partial charge in [0.1, 0.15) is 5.75 Å². The number of nitrogens with one attached hydrogen (secondary N) is 2. The lowest BCUT2D eigenvalue weighted by Gasteiger charge is -2.06. The number of pyridine rings is 1. The van der Waals surface area contributed by atoms with Gasteiger partial charge in [-0.2, -0.15) is 4.98 Å². The quantitative estimate of drug-likeness (QED) is 0.378. The number of carbonyl (C=O) groups excluding carboxylic acids is 1. The number of rotatable bonds is 4. The minimum atomic E-state index is -1.00. The monoisotopic (exact) mass is 475 g/mol. The van der Waals surface area contributed by atoms with Crippen molar-refractivity contribution in [3.05, 3.63) is 83.0 Å². The van der Waals surface area contributed by atoms with Crippen molar-refractivity contribution in [2.75, 3.05) is 0 Å². The fourth-order valence-electron chi connectivity index (χ4n) is 3.66. The van der Waals surface area contributed by atoms with Crippen LogP contribution in [0.3, 0.4) is 0 Å². The molecule has 9 heteroatoms. The highest BCUT2D eigenvalue weighted by Gasteiger charge is 2.15. The molecule has 0 amide bonds. The van der Waals surface area contributed by atoms with Crippen LogP contribution in [-0.2, 0) is 4.79 Å². The molecule has 0 unspecified atom stereocenters. The molecule has 5 aromatic rings. The Morgan fingerprint density at radius 1 is 1.15 bits per heavy atom. The smallest absolute Gasteiger partial charge is 0.336 e. The van der Waals surface area contributed by atoms with Crippen molar-refractivity contribution in [1.82, 2.24) is 9.97 Å². The molecule has 5 rings (SSSR count). The van der Waals surface area contributed by atoms with Gasteiger partial charge in [-0.25, -0.2) is 9.78 Å². The van der Waals surface area contributed by atoms with E-state index in [1.54, 1.807) is 19.1 Å². The summed E-state index contributed by atoms with van der Waals surface area (Å²) in [6, 6.07) is 18.9. The van der Waals surface area contributed by atoms with E-state index in [-0.39, 0.29) is 11.6 Å². The molecule has 0 fully saturated rings. The molecule has 2 aromatic heterocycles. The molecule has 8 nitrogen and oxygen atoms in total. The van der Waals surface area contributed by atoms with E-state index >= 15 is 0 Å². The van der Waals surface area contributed by atoms with E-state index in [1.807, 2.05) is 48.7 Å². The number of aromatic amines is 2. The number of H-pyrrole nitrogens is 2. The van der Waals surface area contributed by atoms with E-state index in [4.69, 9.17) is 26.2 Å². The minimum absolute atomic E-state index is 0.187. The maximum atomic E-state index is 11.4. The lowest BCUT2D eigenvalue weighted by Crippen LogP contribution is -2.01. The van der Waals surface area contributed by atoms with Crippen molar-refractivity contribution in [3.8, 4) is 22.9 Å². The summed E-state index contributed by atoms with van der Waals surface area (Å²) in [7, 11) is 0. The fourth-order valence-corrected chi connectivity index (χ4v) is 3.92. The molecule has 0 radical (unpaired) electrons. The third-order valence-electron chi connectivity index (χ3n) is 5.20. The average Bonchev–Trinajstić information content (AvgIpc) is 3.20. The third kappa shape index (κ3) is 4.53.